The van der Waals surface area contributed by atoms with E-state index in [1.54, 1.807) is 0 Å². The van der Waals surface area contributed by atoms with Crippen LogP contribution in [0, 0.1) is 5.41 Å². The maximum atomic E-state index is 12.2. The number of hydrogen-bond donors (Lipinski definition) is 1. The van der Waals surface area contributed by atoms with Crippen molar-refractivity contribution in [2.45, 2.75) is 76.6 Å². The van der Waals surface area contributed by atoms with Crippen molar-refractivity contribution in [1.29, 1.82) is 0 Å². The highest BCUT2D eigenvalue weighted by molar-refractivity contribution is 5.87. The summed E-state index contributed by atoms with van der Waals surface area (Å²) in [6.07, 6.45) is 9.78. The highest BCUT2D eigenvalue weighted by Gasteiger charge is 2.45. The van der Waals surface area contributed by atoms with E-state index in [9.17, 15) is 9.90 Å². The minimum atomic E-state index is -0.585. The van der Waals surface area contributed by atoms with Gasteiger partial charge in [0, 0.05) is 19.3 Å². The fourth-order valence-electron chi connectivity index (χ4n) is 4.89. The van der Waals surface area contributed by atoms with Gasteiger partial charge in [0.2, 0.25) is 0 Å². The molecule has 132 valence electrons. The zero-order valence-corrected chi connectivity index (χ0v) is 14.6. The predicted molar refractivity (Wildman–Crippen MR) is 90.4 cm³/mol. The van der Waals surface area contributed by atoms with Crippen LogP contribution in [0.3, 0.4) is 0 Å². The number of ketones is 1. The van der Waals surface area contributed by atoms with Crippen molar-refractivity contribution in [3.8, 4) is 0 Å². The quantitative estimate of drug-likeness (QED) is 0.841. The number of carbonyl (C=O) groups is 1. The minimum absolute atomic E-state index is 0.215. The summed E-state index contributed by atoms with van der Waals surface area (Å²) in [4.78, 5) is 12.2. The Morgan fingerprint density at radius 3 is 2.71 bits per heavy atom. The summed E-state index contributed by atoms with van der Waals surface area (Å²) in [5.74, 6) is -0.141. The summed E-state index contributed by atoms with van der Waals surface area (Å²) < 4.78 is 11.8. The van der Waals surface area contributed by atoms with Crippen LogP contribution < -0.4 is 0 Å². The first-order valence-electron chi connectivity index (χ1n) is 9.42. The lowest BCUT2D eigenvalue weighted by molar-refractivity contribution is -0.163. The van der Waals surface area contributed by atoms with E-state index < -0.39 is 11.5 Å². The third-order valence-electron chi connectivity index (χ3n) is 6.58. The molecule has 1 saturated carbocycles. The van der Waals surface area contributed by atoms with Gasteiger partial charge in [0.15, 0.2) is 5.79 Å². The first kappa shape index (κ1) is 16.5. The molecule has 2 atom stereocenters. The second-order valence-corrected chi connectivity index (χ2v) is 8.05. The van der Waals surface area contributed by atoms with Crippen molar-refractivity contribution in [2.24, 2.45) is 5.41 Å². The van der Waals surface area contributed by atoms with Gasteiger partial charge in [-0.15, -0.1) is 0 Å². The van der Waals surface area contributed by atoms with Crippen LogP contribution in [-0.2, 0) is 14.3 Å². The summed E-state index contributed by atoms with van der Waals surface area (Å²) >= 11 is 0. The third kappa shape index (κ3) is 2.69. The largest absolute Gasteiger partial charge is 0.392 e. The first-order chi connectivity index (χ1) is 11.5. The van der Waals surface area contributed by atoms with E-state index in [4.69, 9.17) is 9.47 Å². The Bertz CT molecular complexity index is 597. The van der Waals surface area contributed by atoms with Gasteiger partial charge in [0.25, 0.3) is 0 Å². The normalized spacial score (nSPS) is 37.5. The van der Waals surface area contributed by atoms with Crippen LogP contribution in [0.25, 0.3) is 0 Å². The lowest BCUT2D eigenvalue weighted by Gasteiger charge is -2.37. The molecule has 4 rings (SSSR count). The highest BCUT2D eigenvalue weighted by Crippen LogP contribution is 2.46. The fourth-order valence-corrected chi connectivity index (χ4v) is 4.89. The van der Waals surface area contributed by atoms with E-state index in [1.807, 2.05) is 6.92 Å². The Hall–Kier alpha value is -0.970. The molecule has 1 spiro atoms. The SMILES string of the molecule is C[C@]1(C/C=C2\CCCC3=C2CCC2(C3)OCCO2)C(=O)CC[C@H]1O. The molecule has 0 bridgehead atoms. The van der Waals surface area contributed by atoms with Crippen LogP contribution in [0.2, 0.25) is 0 Å². The molecule has 0 amide bonds. The van der Waals surface area contributed by atoms with Crippen molar-refractivity contribution >= 4 is 5.78 Å². The van der Waals surface area contributed by atoms with Gasteiger partial charge >= 0.3 is 0 Å². The molecule has 3 aliphatic carbocycles. The summed E-state index contributed by atoms with van der Waals surface area (Å²) in [5, 5.41) is 10.2. The van der Waals surface area contributed by atoms with Gasteiger partial charge in [-0.25, -0.2) is 0 Å². The van der Waals surface area contributed by atoms with Crippen LogP contribution in [0.15, 0.2) is 22.8 Å². The molecule has 0 aromatic heterocycles. The summed E-state index contributed by atoms with van der Waals surface area (Å²) in [6, 6.07) is 0. The van der Waals surface area contributed by atoms with E-state index in [1.165, 1.54) is 16.7 Å². The lowest BCUT2D eigenvalue weighted by Crippen LogP contribution is -2.35. The van der Waals surface area contributed by atoms with Crippen LogP contribution >= 0.6 is 0 Å². The van der Waals surface area contributed by atoms with Gasteiger partial charge < -0.3 is 14.6 Å². The maximum Gasteiger partial charge on any atom is 0.172 e. The van der Waals surface area contributed by atoms with Crippen molar-refractivity contribution < 1.29 is 19.4 Å². The zero-order chi connectivity index (χ0) is 16.8. The topological polar surface area (TPSA) is 55.8 Å². The van der Waals surface area contributed by atoms with Gasteiger partial charge in [-0.05, 0) is 56.6 Å². The van der Waals surface area contributed by atoms with Crippen LogP contribution in [0.5, 0.6) is 0 Å². The standard InChI is InChI=1S/C20H28O4/c1-19(17(21)5-6-18(19)22)9-7-14-3-2-4-15-13-20(10-8-16(14)15)23-11-12-24-20/h7,17,21H,2-6,8-13H2,1H3/b14-7+/t17-,19-/m1/s1. The molecule has 1 heterocycles. The van der Waals surface area contributed by atoms with Gasteiger partial charge in [0.1, 0.15) is 5.78 Å². The van der Waals surface area contributed by atoms with E-state index in [0.29, 0.717) is 32.5 Å². The number of rotatable bonds is 2. The average Bonchev–Trinajstić information content (AvgIpc) is 3.13. The number of aliphatic hydroxyl groups is 1. The summed E-state index contributed by atoms with van der Waals surface area (Å²) in [5.41, 5.74) is 3.79. The van der Waals surface area contributed by atoms with E-state index >= 15 is 0 Å². The monoisotopic (exact) mass is 332 g/mol. The molecule has 0 aromatic carbocycles. The van der Waals surface area contributed by atoms with Crippen LogP contribution in [0.4, 0.5) is 0 Å². The fraction of sp³-hybridized carbons (Fsp3) is 0.750. The highest BCUT2D eigenvalue weighted by atomic mass is 16.7. The third-order valence-corrected chi connectivity index (χ3v) is 6.58. The van der Waals surface area contributed by atoms with Crippen molar-refractivity contribution in [1.82, 2.24) is 0 Å². The number of ether oxygens (including phenoxy) is 2. The van der Waals surface area contributed by atoms with Gasteiger partial charge in [0.05, 0.1) is 24.7 Å². The minimum Gasteiger partial charge on any atom is -0.392 e. The molecule has 1 N–H and O–H groups in total. The molecule has 4 heteroatoms. The van der Waals surface area contributed by atoms with Crippen LogP contribution in [0.1, 0.15) is 64.7 Å². The molecule has 0 aromatic rings. The summed E-state index contributed by atoms with van der Waals surface area (Å²) in [6.45, 7) is 3.35. The Morgan fingerprint density at radius 1 is 1.21 bits per heavy atom. The van der Waals surface area contributed by atoms with Gasteiger partial charge in [-0.2, -0.15) is 0 Å². The van der Waals surface area contributed by atoms with Crippen LogP contribution in [-0.4, -0.2) is 36.0 Å². The van der Waals surface area contributed by atoms with Gasteiger partial charge in [-0.3, -0.25) is 4.79 Å². The molecule has 24 heavy (non-hydrogen) atoms. The maximum absolute atomic E-state index is 12.2. The smallest absolute Gasteiger partial charge is 0.172 e. The van der Waals surface area contributed by atoms with Crippen molar-refractivity contribution in [3.05, 3.63) is 22.8 Å². The molecular formula is C20H28O4. The number of allylic oxidation sites excluding steroid dienone is 3. The molecular weight excluding hydrogens is 304 g/mol. The molecule has 0 unspecified atom stereocenters. The number of hydrogen-bond acceptors (Lipinski definition) is 4. The predicted octanol–water partition coefficient (Wildman–Crippen LogP) is 3.44. The number of aliphatic hydroxyl groups excluding tert-OH is 1. The Balaban J connectivity index is 1.54. The molecule has 1 aliphatic heterocycles. The second-order valence-electron chi connectivity index (χ2n) is 8.05. The lowest BCUT2D eigenvalue weighted by atomic mass is 9.75. The van der Waals surface area contributed by atoms with E-state index in [2.05, 4.69) is 6.08 Å². The molecule has 1 saturated heterocycles. The number of Topliss-reactive ketones (excluding diaryl/α,β-unsaturated/α-hetero) is 1. The van der Waals surface area contributed by atoms with Gasteiger partial charge in [-0.1, -0.05) is 11.6 Å². The van der Waals surface area contributed by atoms with Crippen molar-refractivity contribution in [3.63, 3.8) is 0 Å². The Kier molecular flexibility index (Phi) is 4.18. The molecule has 4 nitrogen and oxygen atoms in total. The Morgan fingerprint density at radius 2 is 2.00 bits per heavy atom. The average molecular weight is 332 g/mol. The van der Waals surface area contributed by atoms with E-state index in [-0.39, 0.29) is 11.6 Å². The van der Waals surface area contributed by atoms with Crippen molar-refractivity contribution in [2.75, 3.05) is 13.2 Å². The first-order valence-corrected chi connectivity index (χ1v) is 9.42. The second kappa shape index (κ2) is 6.08. The zero-order valence-electron chi connectivity index (χ0n) is 14.6. The molecule has 0 radical (unpaired) electrons. The van der Waals surface area contributed by atoms with E-state index in [0.717, 1.165) is 38.5 Å². The molecule has 4 aliphatic rings. The number of carbonyl (C=O) groups excluding carboxylic acids is 1. The Labute approximate surface area is 143 Å². The summed E-state index contributed by atoms with van der Waals surface area (Å²) in [7, 11) is 0. The molecule has 2 fully saturated rings.